The highest BCUT2D eigenvalue weighted by Crippen LogP contribution is 2.27. The fourth-order valence-electron chi connectivity index (χ4n) is 2.80. The maximum atomic E-state index is 13.1. The number of hydrogen-bond donors (Lipinski definition) is 1. The third-order valence-corrected chi connectivity index (χ3v) is 4.37. The van der Waals surface area contributed by atoms with Crippen LogP contribution in [-0.2, 0) is 16.6 Å². The smallest absolute Gasteiger partial charge is 0.229 e. The molecule has 0 fully saturated rings. The Labute approximate surface area is 159 Å². The lowest BCUT2D eigenvalue weighted by molar-refractivity contribution is -0.115. The summed E-state index contributed by atoms with van der Waals surface area (Å²) in [6.07, 6.45) is 0.171. The number of aromatic nitrogens is 2. The second kappa shape index (κ2) is 7.35. The zero-order chi connectivity index (χ0) is 19.6. The van der Waals surface area contributed by atoms with Gasteiger partial charge in [0.05, 0.1) is 17.8 Å². The summed E-state index contributed by atoms with van der Waals surface area (Å²) in [6, 6.07) is 15.8. The van der Waals surface area contributed by atoms with Gasteiger partial charge in [-0.3, -0.25) is 4.79 Å². The number of nitrogens with zero attached hydrogens (tertiary/aromatic N) is 2. The fourth-order valence-corrected chi connectivity index (χ4v) is 2.80. The van der Waals surface area contributed by atoms with E-state index >= 15 is 0 Å². The van der Waals surface area contributed by atoms with Crippen molar-refractivity contribution in [3.63, 3.8) is 0 Å². The van der Waals surface area contributed by atoms with E-state index in [0.29, 0.717) is 5.82 Å². The van der Waals surface area contributed by atoms with Gasteiger partial charge in [0.25, 0.3) is 0 Å². The molecule has 3 rings (SSSR count). The third kappa shape index (κ3) is 4.42. The summed E-state index contributed by atoms with van der Waals surface area (Å²) < 4.78 is 14.8. The average Bonchev–Trinajstić information content (AvgIpc) is 3.01. The Balaban J connectivity index is 1.91. The second-order valence-electron chi connectivity index (χ2n) is 7.71. The van der Waals surface area contributed by atoms with E-state index in [-0.39, 0.29) is 23.6 Å². The van der Waals surface area contributed by atoms with Crippen molar-refractivity contribution in [3.05, 3.63) is 77.2 Å². The van der Waals surface area contributed by atoms with Gasteiger partial charge in [-0.2, -0.15) is 5.10 Å². The summed E-state index contributed by atoms with van der Waals surface area (Å²) in [5, 5.41) is 7.70. The lowest BCUT2D eigenvalue weighted by Crippen LogP contribution is -2.17. The molecule has 1 heterocycles. The number of aryl methyl sites for hydroxylation is 1. The molecule has 27 heavy (non-hydrogen) atoms. The SMILES string of the molecule is Cc1ccccc1-n1nc(C(C)(C)C)cc1NC(=O)Cc1ccc(F)cc1. The van der Waals surface area contributed by atoms with Crippen LogP contribution in [0.15, 0.2) is 54.6 Å². The molecule has 2 aromatic carbocycles. The van der Waals surface area contributed by atoms with Gasteiger partial charge in [0, 0.05) is 11.5 Å². The first kappa shape index (κ1) is 18.8. The molecular formula is C22H24FN3O. The van der Waals surface area contributed by atoms with Gasteiger partial charge in [-0.25, -0.2) is 9.07 Å². The van der Waals surface area contributed by atoms with E-state index < -0.39 is 0 Å². The van der Waals surface area contributed by atoms with Gasteiger partial charge in [0.1, 0.15) is 11.6 Å². The molecule has 0 aliphatic carbocycles. The summed E-state index contributed by atoms with van der Waals surface area (Å²) in [6.45, 7) is 8.27. The van der Waals surface area contributed by atoms with Crippen molar-refractivity contribution >= 4 is 11.7 Å². The van der Waals surface area contributed by atoms with E-state index in [0.717, 1.165) is 22.5 Å². The molecule has 0 saturated heterocycles. The minimum Gasteiger partial charge on any atom is -0.310 e. The van der Waals surface area contributed by atoms with Crippen LogP contribution in [0.3, 0.4) is 0 Å². The summed E-state index contributed by atoms with van der Waals surface area (Å²) >= 11 is 0. The van der Waals surface area contributed by atoms with E-state index in [1.807, 2.05) is 37.3 Å². The Morgan fingerprint density at radius 1 is 1.11 bits per heavy atom. The monoisotopic (exact) mass is 365 g/mol. The number of benzene rings is 2. The molecule has 1 N–H and O–H groups in total. The summed E-state index contributed by atoms with van der Waals surface area (Å²) in [4.78, 5) is 12.5. The normalized spacial score (nSPS) is 11.4. The highest BCUT2D eigenvalue weighted by molar-refractivity contribution is 5.91. The third-order valence-electron chi connectivity index (χ3n) is 4.37. The van der Waals surface area contributed by atoms with Crippen LogP contribution in [-0.4, -0.2) is 15.7 Å². The van der Waals surface area contributed by atoms with Crippen LogP contribution in [0.1, 0.15) is 37.6 Å². The first-order valence-corrected chi connectivity index (χ1v) is 8.95. The van der Waals surface area contributed by atoms with Gasteiger partial charge in [-0.15, -0.1) is 0 Å². The molecule has 0 radical (unpaired) electrons. The molecule has 0 atom stereocenters. The van der Waals surface area contributed by atoms with Crippen LogP contribution in [0.2, 0.25) is 0 Å². The van der Waals surface area contributed by atoms with E-state index in [4.69, 9.17) is 5.10 Å². The largest absolute Gasteiger partial charge is 0.310 e. The first-order valence-electron chi connectivity index (χ1n) is 8.95. The lowest BCUT2D eigenvalue weighted by Gasteiger charge is -2.14. The van der Waals surface area contributed by atoms with Crippen molar-refractivity contribution < 1.29 is 9.18 Å². The van der Waals surface area contributed by atoms with Gasteiger partial charge >= 0.3 is 0 Å². The number of halogens is 1. The van der Waals surface area contributed by atoms with E-state index in [2.05, 4.69) is 26.1 Å². The molecule has 3 aromatic rings. The molecule has 0 spiro atoms. The summed E-state index contributed by atoms with van der Waals surface area (Å²) in [7, 11) is 0. The zero-order valence-corrected chi connectivity index (χ0v) is 16.1. The fraction of sp³-hybridized carbons (Fsp3) is 0.273. The van der Waals surface area contributed by atoms with E-state index in [1.165, 1.54) is 12.1 Å². The number of hydrogen-bond acceptors (Lipinski definition) is 2. The molecule has 0 unspecified atom stereocenters. The Bertz CT molecular complexity index is 952. The summed E-state index contributed by atoms with van der Waals surface area (Å²) in [5.41, 5.74) is 3.49. The number of amides is 1. The molecular weight excluding hydrogens is 341 g/mol. The van der Waals surface area contributed by atoms with Crippen LogP contribution in [0.25, 0.3) is 5.69 Å². The highest BCUT2D eigenvalue weighted by Gasteiger charge is 2.22. The minimum absolute atomic E-state index is 0.148. The molecule has 0 saturated carbocycles. The Morgan fingerprint density at radius 3 is 2.41 bits per heavy atom. The second-order valence-corrected chi connectivity index (χ2v) is 7.71. The van der Waals surface area contributed by atoms with Crippen molar-refractivity contribution in [1.29, 1.82) is 0 Å². The topological polar surface area (TPSA) is 46.9 Å². The van der Waals surface area contributed by atoms with Crippen molar-refractivity contribution in [2.24, 2.45) is 0 Å². The molecule has 0 bridgehead atoms. The molecule has 4 nitrogen and oxygen atoms in total. The van der Waals surface area contributed by atoms with Gasteiger partial charge in [-0.05, 0) is 36.2 Å². The standard InChI is InChI=1S/C22H24FN3O/c1-15-7-5-6-8-18(15)26-20(14-19(25-26)22(2,3)4)24-21(27)13-16-9-11-17(23)12-10-16/h5-12,14H,13H2,1-4H3,(H,24,27). The van der Waals surface area contributed by atoms with Crippen molar-refractivity contribution in [1.82, 2.24) is 9.78 Å². The Hall–Kier alpha value is -2.95. The van der Waals surface area contributed by atoms with Crippen LogP contribution in [0, 0.1) is 12.7 Å². The zero-order valence-electron chi connectivity index (χ0n) is 16.1. The predicted octanol–water partition coefficient (Wildman–Crippen LogP) is 4.80. The van der Waals surface area contributed by atoms with E-state index in [1.54, 1.807) is 16.8 Å². The Morgan fingerprint density at radius 2 is 1.78 bits per heavy atom. The molecule has 5 heteroatoms. The van der Waals surface area contributed by atoms with Crippen molar-refractivity contribution in [2.75, 3.05) is 5.32 Å². The van der Waals surface area contributed by atoms with Gasteiger partial charge < -0.3 is 5.32 Å². The minimum atomic E-state index is -0.313. The number of carbonyl (C=O) groups is 1. The van der Waals surface area contributed by atoms with Gasteiger partial charge in [0.2, 0.25) is 5.91 Å². The summed E-state index contributed by atoms with van der Waals surface area (Å²) in [5.74, 6) is 0.143. The van der Waals surface area contributed by atoms with Crippen molar-refractivity contribution in [2.45, 2.75) is 39.5 Å². The lowest BCUT2D eigenvalue weighted by atomic mass is 9.92. The predicted molar refractivity (Wildman–Crippen MR) is 106 cm³/mol. The number of anilines is 1. The van der Waals surface area contributed by atoms with Crippen LogP contribution in [0.5, 0.6) is 0 Å². The maximum absolute atomic E-state index is 13.1. The maximum Gasteiger partial charge on any atom is 0.229 e. The van der Waals surface area contributed by atoms with Gasteiger partial charge in [-0.1, -0.05) is 51.1 Å². The number of para-hydroxylation sites is 1. The molecule has 1 aromatic heterocycles. The Kier molecular flexibility index (Phi) is 5.13. The van der Waals surface area contributed by atoms with Crippen molar-refractivity contribution in [3.8, 4) is 5.69 Å². The molecule has 0 aliphatic rings. The molecule has 1 amide bonds. The van der Waals surface area contributed by atoms with Crippen LogP contribution in [0.4, 0.5) is 10.2 Å². The van der Waals surface area contributed by atoms with Crippen LogP contribution < -0.4 is 5.32 Å². The number of nitrogens with one attached hydrogen (secondary N) is 1. The van der Waals surface area contributed by atoms with E-state index in [9.17, 15) is 9.18 Å². The quantitative estimate of drug-likeness (QED) is 0.722. The average molecular weight is 365 g/mol. The molecule has 140 valence electrons. The number of rotatable bonds is 4. The number of carbonyl (C=O) groups excluding carboxylic acids is 1. The highest BCUT2D eigenvalue weighted by atomic mass is 19.1. The van der Waals surface area contributed by atoms with Gasteiger partial charge in [0.15, 0.2) is 0 Å². The van der Waals surface area contributed by atoms with Crippen LogP contribution >= 0.6 is 0 Å². The first-order chi connectivity index (χ1) is 12.7. The molecule has 0 aliphatic heterocycles.